The summed E-state index contributed by atoms with van der Waals surface area (Å²) in [7, 11) is 3.52. The summed E-state index contributed by atoms with van der Waals surface area (Å²) >= 11 is 0. The van der Waals surface area contributed by atoms with Crippen LogP contribution < -0.4 is 32.1 Å². The molecule has 0 spiro atoms. The van der Waals surface area contributed by atoms with Crippen molar-refractivity contribution in [1.29, 1.82) is 0 Å². The normalized spacial score (nSPS) is 19.6. The van der Waals surface area contributed by atoms with Crippen molar-refractivity contribution in [3.05, 3.63) is 207 Å². The molecule has 5 amide bonds. The Morgan fingerprint density at radius 1 is 0.586 bits per heavy atom. The molecule has 2 saturated heterocycles. The molecule has 116 heavy (non-hydrogen) atoms. The standard InChI is InChI=1S/C83H91N10O22S/c1-88(22-25-107-26-23-89-44-60(86-87-89)50-109-29-28-108-27-24-90-75(95)20-21-76(90)96)80(100)57-16-19-68(112-83-79(99)78(98)77(97)74(47-94)113-83)73(35-57)115-116(103,104)114-63-17-14-51(15-18-63)45-93(2,3)46-52-30-53(48-110-71-38-66-64(36-69(71)105-4)81(101)91-42-58-12-8-6-10-55(58)33-61(91)40-84-66)32-54(31-52)49-111-72-39-67-65(37-70(72)106-5)82(102)92-43-59-13-9-7-11-56(59)34-62(92)41-85-67/h6-19,30-32,35-41,44,61-62,74,77-79,83,94,97-99H,20-29,33-34,42-43,45-50H2,1-5H3/q+1/t61-,62-,74+,77-,78-,79+,83?/m0/s1. The van der Waals surface area contributed by atoms with Gasteiger partial charge in [-0.25, -0.2) is 4.68 Å². The number of likely N-dealkylation sites (N-methyl/N-ethyl adjacent to an activating group) is 1. The van der Waals surface area contributed by atoms with E-state index in [0.717, 1.165) is 39.4 Å². The van der Waals surface area contributed by atoms with Gasteiger partial charge in [0.05, 0.1) is 128 Å². The lowest BCUT2D eigenvalue weighted by Gasteiger charge is -2.39. The Kier molecular flexibility index (Phi) is 25.2. The number of hydrogen-bond acceptors (Lipinski definition) is 26. The molecular weight excluding hydrogens is 1520 g/mol. The van der Waals surface area contributed by atoms with Crippen molar-refractivity contribution in [1.82, 2.24) is 34.6 Å². The monoisotopic (exact) mass is 1610 g/mol. The highest BCUT2D eigenvalue weighted by Crippen LogP contribution is 2.42. The summed E-state index contributed by atoms with van der Waals surface area (Å²) in [6.45, 7) is 2.80. The number of aliphatic imine (C=N–C) groups is 2. The van der Waals surface area contributed by atoms with Crippen LogP contribution in [0.2, 0.25) is 0 Å². The van der Waals surface area contributed by atoms with Crippen LogP contribution in [-0.2, 0) is 104 Å². The quantitative estimate of drug-likeness (QED) is 0.0200. The van der Waals surface area contributed by atoms with Gasteiger partial charge in [0, 0.05) is 80.8 Å². The third-order valence-corrected chi connectivity index (χ3v) is 21.6. The van der Waals surface area contributed by atoms with Crippen LogP contribution in [0.25, 0.3) is 0 Å². The minimum Gasteiger partial charge on any atom is -0.493 e. The Hall–Kier alpha value is -11.2. The summed E-state index contributed by atoms with van der Waals surface area (Å²) in [6, 6.07) is 38.4. The number of aliphatic hydroxyl groups excluding tert-OH is 4. The van der Waals surface area contributed by atoms with Crippen LogP contribution in [0.4, 0.5) is 11.4 Å². The van der Waals surface area contributed by atoms with E-state index in [2.05, 4.69) is 22.4 Å². The first-order chi connectivity index (χ1) is 56.0. The predicted molar refractivity (Wildman–Crippen MR) is 416 cm³/mol. The molecule has 7 heterocycles. The number of aromatic nitrogens is 3. The van der Waals surface area contributed by atoms with Gasteiger partial charge in [-0.2, -0.15) is 0 Å². The minimum absolute atomic E-state index is 0.0534. The Morgan fingerprint density at radius 2 is 1.15 bits per heavy atom. The van der Waals surface area contributed by atoms with E-state index in [9.17, 15) is 52.8 Å². The number of ether oxygens (including phenoxy) is 9. The fourth-order valence-corrected chi connectivity index (χ4v) is 15.6. The number of fused-ring (bicyclic) bond motifs is 6. The Labute approximate surface area is 669 Å². The van der Waals surface area contributed by atoms with Crippen LogP contribution in [0.5, 0.6) is 40.2 Å². The molecule has 33 heteroatoms. The third-order valence-electron chi connectivity index (χ3n) is 20.8. The molecule has 0 radical (unpaired) electrons. The molecule has 6 aliphatic heterocycles. The van der Waals surface area contributed by atoms with E-state index in [1.54, 1.807) is 47.3 Å². The summed E-state index contributed by atoms with van der Waals surface area (Å²) in [6.07, 6.45) is -1.63. The molecule has 1 aromatic heterocycles. The molecule has 1 unspecified atom stereocenters. The van der Waals surface area contributed by atoms with Gasteiger partial charge in [0.1, 0.15) is 62.2 Å². The van der Waals surface area contributed by atoms with Gasteiger partial charge in [-0.1, -0.05) is 53.7 Å². The molecule has 14 rings (SSSR count). The molecule has 2 fully saturated rings. The summed E-state index contributed by atoms with van der Waals surface area (Å²) in [5.41, 5.74) is 9.88. The van der Waals surface area contributed by atoms with Gasteiger partial charge < -0.3 is 90.6 Å². The second-order valence-corrected chi connectivity index (χ2v) is 30.8. The van der Waals surface area contributed by atoms with Crippen LogP contribution in [0.15, 0.2) is 150 Å². The van der Waals surface area contributed by atoms with Crippen LogP contribution in [0.1, 0.15) is 94.1 Å². The van der Waals surface area contributed by atoms with Gasteiger partial charge in [-0.05, 0) is 119 Å². The number of benzene rings is 7. The average Bonchev–Trinajstić information content (AvgIpc) is 1.66. The summed E-state index contributed by atoms with van der Waals surface area (Å²) in [5, 5.41) is 50.1. The average molecular weight is 1610 g/mol. The van der Waals surface area contributed by atoms with Crippen molar-refractivity contribution in [2.45, 2.75) is 121 Å². The molecule has 0 aliphatic carbocycles. The number of amides is 5. The first kappa shape index (κ1) is 81.3. The SMILES string of the molecule is COc1cc2c(cc1OCc1cc(COc3cc4c(cc3OC)C(=O)N3Cc5ccccc5C[C@H]3C=N4)cc(C[N+](C)(C)Cc3ccc(OS(=O)(=O)Oc4cc(C(=O)N(C)CCOCCn5cc(COCCOCCN6C(=O)CCC6=O)nn5)ccc4OC4O[C@H](CO)[C@H](O)[C@H](O)[C@H]4O)cc3)c1)N=C[C@@H]1Cc3ccccc3CN1C2=O. The van der Waals surface area contributed by atoms with Gasteiger partial charge in [0.2, 0.25) is 18.1 Å². The van der Waals surface area contributed by atoms with Gasteiger partial charge >= 0.3 is 10.4 Å². The molecule has 8 aromatic rings. The number of carbonyl (C=O) groups excluding carboxylic acids is 5. The summed E-state index contributed by atoms with van der Waals surface area (Å²) in [4.78, 5) is 82.1. The van der Waals surface area contributed by atoms with Gasteiger partial charge in [0.25, 0.3) is 17.7 Å². The van der Waals surface area contributed by atoms with E-state index < -0.39 is 65.1 Å². The highest BCUT2D eigenvalue weighted by molar-refractivity contribution is 7.82. The van der Waals surface area contributed by atoms with Crippen LogP contribution in [0, 0.1) is 0 Å². The smallest absolute Gasteiger partial charge is 0.493 e. The van der Waals surface area contributed by atoms with Crippen molar-refractivity contribution in [3.63, 3.8) is 0 Å². The topological polar surface area (TPSA) is 370 Å². The molecule has 32 nitrogen and oxygen atoms in total. The Balaban J connectivity index is 0.637. The zero-order valence-corrected chi connectivity index (χ0v) is 65.5. The molecule has 7 atom stereocenters. The molecular formula is C83H91N10O22S+. The predicted octanol–water partition coefficient (Wildman–Crippen LogP) is 6.15. The number of nitrogens with zero attached hydrogens (tertiary/aromatic N) is 10. The fourth-order valence-electron chi connectivity index (χ4n) is 14.8. The van der Waals surface area contributed by atoms with E-state index in [-0.39, 0.29) is 126 Å². The van der Waals surface area contributed by atoms with E-state index in [1.165, 1.54) is 66.5 Å². The minimum atomic E-state index is -5.09. The number of methoxy groups -OCH3 is 2. The Morgan fingerprint density at radius 3 is 1.74 bits per heavy atom. The number of likely N-dealkylation sites (tertiary alicyclic amines) is 1. The highest BCUT2D eigenvalue weighted by Gasteiger charge is 2.46. The summed E-state index contributed by atoms with van der Waals surface area (Å²) < 4.78 is 94.4. The van der Waals surface area contributed by atoms with E-state index in [1.807, 2.05) is 90.9 Å². The number of rotatable bonds is 34. The zero-order valence-electron chi connectivity index (χ0n) is 64.6. The molecule has 610 valence electrons. The first-order valence-electron chi connectivity index (χ1n) is 38.0. The summed E-state index contributed by atoms with van der Waals surface area (Å²) in [5.74, 6) is -1.04. The molecule has 6 aliphatic rings. The number of imide groups is 1. The molecule has 4 N–H and O–H groups in total. The maximum Gasteiger partial charge on any atom is 0.501 e. The molecule has 7 aromatic carbocycles. The van der Waals surface area contributed by atoms with Crippen LogP contribution in [0.3, 0.4) is 0 Å². The highest BCUT2D eigenvalue weighted by atomic mass is 32.3. The number of carbonyl (C=O) groups is 5. The van der Waals surface area contributed by atoms with Crippen molar-refractivity contribution in [3.8, 4) is 40.2 Å². The third kappa shape index (κ3) is 19.1. The lowest BCUT2D eigenvalue weighted by Crippen LogP contribution is -2.60. The fraction of sp³-hybridized carbons (Fsp3) is 0.386. The molecule has 0 bridgehead atoms. The number of quaternary nitrogens is 1. The number of hydrogen-bond donors (Lipinski definition) is 4. The maximum absolute atomic E-state index is 14.3. The number of aliphatic hydroxyl groups is 4. The van der Waals surface area contributed by atoms with Crippen molar-refractivity contribution in [2.75, 3.05) is 88.1 Å². The van der Waals surface area contributed by atoms with E-state index in [4.69, 9.17) is 61.0 Å². The van der Waals surface area contributed by atoms with Gasteiger partial charge in [0.15, 0.2) is 34.5 Å². The lowest BCUT2D eigenvalue weighted by molar-refractivity contribution is -0.916. The van der Waals surface area contributed by atoms with Gasteiger partial charge in [-0.15, -0.1) is 13.5 Å². The Bertz CT molecular complexity index is 4960. The maximum atomic E-state index is 14.3. The van der Waals surface area contributed by atoms with Crippen LogP contribution >= 0.6 is 0 Å². The van der Waals surface area contributed by atoms with E-state index in [0.29, 0.717) is 101 Å². The second kappa shape index (κ2) is 35.9. The van der Waals surface area contributed by atoms with Crippen molar-refractivity contribution < 1.29 is 108 Å². The van der Waals surface area contributed by atoms with Crippen LogP contribution in [-0.4, -0.2) is 241 Å². The second-order valence-electron chi connectivity index (χ2n) is 29.6. The largest absolute Gasteiger partial charge is 0.501 e. The lowest BCUT2D eigenvalue weighted by atomic mass is 9.94. The van der Waals surface area contributed by atoms with Crippen molar-refractivity contribution in [2.24, 2.45) is 9.98 Å². The van der Waals surface area contributed by atoms with E-state index >= 15 is 0 Å². The van der Waals surface area contributed by atoms with Gasteiger partial charge in [-0.3, -0.25) is 38.9 Å². The first-order valence-corrected chi connectivity index (χ1v) is 39.3. The zero-order chi connectivity index (χ0) is 81.4. The van der Waals surface area contributed by atoms with Crippen molar-refractivity contribution >= 4 is 63.7 Å². The molecule has 0 saturated carbocycles.